The fraction of sp³-hybridized carbons (Fsp3) is 0.136. The summed E-state index contributed by atoms with van der Waals surface area (Å²) in [5.41, 5.74) is 4.47. The molecule has 2 aromatic carbocycles. The Morgan fingerprint density at radius 2 is 1.87 bits per heavy atom. The molecule has 7 nitrogen and oxygen atoms in total. The number of nitrogens with one attached hydrogen (secondary N) is 2. The Labute approximate surface area is 177 Å². The van der Waals surface area contributed by atoms with E-state index in [0.29, 0.717) is 22.8 Å². The minimum atomic E-state index is -0.299. The number of rotatable bonds is 5. The van der Waals surface area contributed by atoms with E-state index in [1.807, 2.05) is 37.4 Å². The molecule has 4 aromatic rings. The molecule has 30 heavy (non-hydrogen) atoms. The number of imidazole rings is 1. The summed E-state index contributed by atoms with van der Waals surface area (Å²) in [6.45, 7) is 3.46. The summed E-state index contributed by atoms with van der Waals surface area (Å²) >= 11 is 1.40. The van der Waals surface area contributed by atoms with Gasteiger partial charge < -0.3 is 15.4 Å². The van der Waals surface area contributed by atoms with Gasteiger partial charge in [0.2, 0.25) is 5.91 Å². The van der Waals surface area contributed by atoms with Crippen LogP contribution in [0.15, 0.2) is 54.0 Å². The molecule has 8 heteroatoms. The normalized spacial score (nSPS) is 10.8. The first-order chi connectivity index (χ1) is 14.4. The Morgan fingerprint density at radius 3 is 2.57 bits per heavy atom. The maximum atomic E-state index is 13.0. The smallest absolute Gasteiger partial charge is 0.273 e. The molecule has 2 N–H and O–H groups in total. The number of benzene rings is 2. The van der Waals surface area contributed by atoms with Crippen molar-refractivity contribution in [3.8, 4) is 17.0 Å². The zero-order chi connectivity index (χ0) is 21.3. The fourth-order valence-corrected chi connectivity index (χ4v) is 3.94. The predicted molar refractivity (Wildman–Crippen MR) is 118 cm³/mol. The fourth-order valence-electron chi connectivity index (χ4n) is 3.08. The number of nitrogens with zero attached hydrogens (tertiary/aromatic N) is 2. The van der Waals surface area contributed by atoms with E-state index in [2.05, 4.69) is 15.6 Å². The zero-order valence-electron chi connectivity index (χ0n) is 16.7. The molecule has 2 heterocycles. The first kappa shape index (κ1) is 19.7. The average molecular weight is 420 g/mol. The first-order valence-electron chi connectivity index (χ1n) is 9.25. The van der Waals surface area contributed by atoms with E-state index in [9.17, 15) is 9.59 Å². The lowest BCUT2D eigenvalue weighted by Crippen LogP contribution is -2.15. The van der Waals surface area contributed by atoms with Crippen LogP contribution >= 0.6 is 11.3 Å². The number of fused-ring (bicyclic) bond motifs is 1. The van der Waals surface area contributed by atoms with Crippen LogP contribution in [0.3, 0.4) is 0 Å². The molecule has 0 atom stereocenters. The minimum absolute atomic E-state index is 0.195. The summed E-state index contributed by atoms with van der Waals surface area (Å²) in [6.07, 6.45) is 1.86. The Balaban J connectivity index is 1.64. The first-order valence-corrected chi connectivity index (χ1v) is 10.1. The summed E-state index contributed by atoms with van der Waals surface area (Å²) in [4.78, 5) is 29.7. The van der Waals surface area contributed by atoms with E-state index in [1.54, 1.807) is 28.0 Å². The van der Waals surface area contributed by atoms with Crippen LogP contribution in [0, 0.1) is 6.92 Å². The molecule has 4 rings (SSSR count). The lowest BCUT2D eigenvalue weighted by atomic mass is 10.1. The van der Waals surface area contributed by atoms with Crippen LogP contribution in [-0.4, -0.2) is 28.3 Å². The van der Waals surface area contributed by atoms with E-state index < -0.39 is 0 Å². The summed E-state index contributed by atoms with van der Waals surface area (Å²) in [5, 5.41) is 7.33. The predicted octanol–water partition coefficient (Wildman–Crippen LogP) is 4.59. The van der Waals surface area contributed by atoms with Crippen LogP contribution < -0.4 is 15.4 Å². The van der Waals surface area contributed by atoms with Gasteiger partial charge in [0.05, 0.1) is 18.5 Å². The number of anilines is 2. The molecule has 0 fully saturated rings. The monoisotopic (exact) mass is 420 g/mol. The van der Waals surface area contributed by atoms with Crippen molar-refractivity contribution in [3.05, 3.63) is 65.3 Å². The molecular formula is C22H20N4O3S. The number of amides is 2. The van der Waals surface area contributed by atoms with Gasteiger partial charge in [-0.15, -0.1) is 11.3 Å². The lowest BCUT2D eigenvalue weighted by Gasteiger charge is -2.12. The largest absolute Gasteiger partial charge is 0.495 e. The molecular weight excluding hydrogens is 400 g/mol. The highest BCUT2D eigenvalue weighted by Crippen LogP contribution is 2.29. The summed E-state index contributed by atoms with van der Waals surface area (Å²) in [5.74, 6) is 0.00122. The van der Waals surface area contributed by atoms with Crippen LogP contribution in [0.2, 0.25) is 0 Å². The highest BCUT2D eigenvalue weighted by Gasteiger charge is 2.17. The number of thiazole rings is 1. The van der Waals surface area contributed by atoms with Crippen molar-refractivity contribution in [2.24, 2.45) is 0 Å². The van der Waals surface area contributed by atoms with Gasteiger partial charge in [0, 0.05) is 29.8 Å². The van der Waals surface area contributed by atoms with E-state index in [0.717, 1.165) is 16.2 Å². The second kappa shape index (κ2) is 8.00. The molecule has 0 aliphatic carbocycles. The van der Waals surface area contributed by atoms with Crippen molar-refractivity contribution in [2.75, 3.05) is 17.7 Å². The number of hydrogen-bond acceptors (Lipinski definition) is 5. The van der Waals surface area contributed by atoms with E-state index >= 15 is 0 Å². The molecule has 0 spiro atoms. The van der Waals surface area contributed by atoms with Gasteiger partial charge in [-0.25, -0.2) is 4.98 Å². The molecule has 0 aliphatic rings. The number of hydrogen-bond donors (Lipinski definition) is 2. The zero-order valence-corrected chi connectivity index (χ0v) is 17.5. The Morgan fingerprint density at radius 1 is 1.10 bits per heavy atom. The summed E-state index contributed by atoms with van der Waals surface area (Å²) in [7, 11) is 1.52. The molecule has 0 saturated heterocycles. The standard InChI is InChI=1S/C22H20N4O3S/c1-13-4-6-15(7-5-13)18-11-26-19(12-30-22(26)25-18)21(28)24-17-10-16(23-14(2)27)8-9-20(17)29-3/h4-12H,1-3H3,(H,23,27)(H,24,28). The summed E-state index contributed by atoms with van der Waals surface area (Å²) < 4.78 is 7.12. The number of aromatic nitrogens is 2. The van der Waals surface area contributed by atoms with E-state index in [1.165, 1.54) is 30.9 Å². The molecule has 0 unspecified atom stereocenters. The third-order valence-corrected chi connectivity index (χ3v) is 5.40. The van der Waals surface area contributed by atoms with Crippen molar-refractivity contribution in [2.45, 2.75) is 13.8 Å². The van der Waals surface area contributed by atoms with Crippen molar-refractivity contribution in [1.29, 1.82) is 0 Å². The average Bonchev–Trinajstić information content (AvgIpc) is 3.29. The second-order valence-electron chi connectivity index (χ2n) is 6.82. The molecule has 0 saturated carbocycles. The van der Waals surface area contributed by atoms with Crippen LogP contribution in [-0.2, 0) is 4.79 Å². The van der Waals surface area contributed by atoms with Gasteiger partial charge in [0.15, 0.2) is 4.96 Å². The maximum absolute atomic E-state index is 13.0. The van der Waals surface area contributed by atoms with Gasteiger partial charge in [-0.3, -0.25) is 14.0 Å². The minimum Gasteiger partial charge on any atom is -0.495 e. The van der Waals surface area contributed by atoms with Crippen molar-refractivity contribution in [3.63, 3.8) is 0 Å². The third-order valence-electron chi connectivity index (χ3n) is 4.56. The van der Waals surface area contributed by atoms with Gasteiger partial charge in [-0.2, -0.15) is 0 Å². The van der Waals surface area contributed by atoms with Crippen molar-refractivity contribution in [1.82, 2.24) is 9.38 Å². The molecule has 0 aliphatic heterocycles. The molecule has 0 bridgehead atoms. The Hall–Kier alpha value is -3.65. The number of ether oxygens (including phenoxy) is 1. The Kier molecular flexibility index (Phi) is 5.24. The van der Waals surface area contributed by atoms with Gasteiger partial charge in [0.25, 0.3) is 5.91 Å². The van der Waals surface area contributed by atoms with Gasteiger partial charge in [-0.1, -0.05) is 29.8 Å². The third kappa shape index (κ3) is 3.90. The van der Waals surface area contributed by atoms with Crippen LogP contribution in [0.5, 0.6) is 5.75 Å². The van der Waals surface area contributed by atoms with Crippen LogP contribution in [0.1, 0.15) is 23.0 Å². The van der Waals surface area contributed by atoms with Crippen LogP contribution in [0.4, 0.5) is 11.4 Å². The van der Waals surface area contributed by atoms with Gasteiger partial charge in [-0.05, 0) is 25.1 Å². The molecule has 2 aromatic heterocycles. The van der Waals surface area contributed by atoms with Gasteiger partial charge >= 0.3 is 0 Å². The second-order valence-corrected chi connectivity index (χ2v) is 7.65. The van der Waals surface area contributed by atoms with Crippen LogP contribution in [0.25, 0.3) is 16.2 Å². The highest BCUT2D eigenvalue weighted by molar-refractivity contribution is 7.15. The number of carbonyl (C=O) groups is 2. The SMILES string of the molecule is COc1ccc(NC(C)=O)cc1NC(=O)c1csc2nc(-c3ccc(C)cc3)cn12. The number of methoxy groups -OCH3 is 1. The lowest BCUT2D eigenvalue weighted by molar-refractivity contribution is -0.114. The van der Waals surface area contributed by atoms with E-state index in [-0.39, 0.29) is 11.8 Å². The molecule has 2 amide bonds. The maximum Gasteiger partial charge on any atom is 0.273 e. The van der Waals surface area contributed by atoms with Crippen molar-refractivity contribution >= 4 is 39.5 Å². The van der Waals surface area contributed by atoms with Gasteiger partial charge in [0.1, 0.15) is 11.4 Å². The quantitative estimate of drug-likeness (QED) is 0.495. The summed E-state index contributed by atoms with van der Waals surface area (Å²) in [6, 6.07) is 13.2. The number of carbonyl (C=O) groups excluding carboxylic acids is 2. The Bertz CT molecular complexity index is 1240. The van der Waals surface area contributed by atoms with Crippen molar-refractivity contribution < 1.29 is 14.3 Å². The topological polar surface area (TPSA) is 84.7 Å². The number of aryl methyl sites for hydroxylation is 1. The van der Waals surface area contributed by atoms with E-state index in [4.69, 9.17) is 4.74 Å². The molecule has 152 valence electrons. The highest BCUT2D eigenvalue weighted by atomic mass is 32.1. The molecule has 0 radical (unpaired) electrons.